The molecule has 31 heavy (non-hydrogen) atoms. The summed E-state index contributed by atoms with van der Waals surface area (Å²) in [5.74, 6) is -1.54. The zero-order chi connectivity index (χ0) is 21.4. The Kier molecular flexibility index (Phi) is 4.45. The van der Waals surface area contributed by atoms with Crippen LogP contribution in [0.5, 0.6) is 5.75 Å². The number of benzene rings is 3. The van der Waals surface area contributed by atoms with E-state index in [2.05, 4.69) is 20.6 Å². The van der Waals surface area contributed by atoms with E-state index < -0.39 is 5.85 Å². The molecule has 0 amide bonds. The van der Waals surface area contributed by atoms with Crippen molar-refractivity contribution in [3.05, 3.63) is 78.4 Å². The first-order valence-electron chi connectivity index (χ1n) is 9.55. The van der Waals surface area contributed by atoms with Gasteiger partial charge in [0.05, 0.1) is 18.1 Å². The lowest BCUT2D eigenvalue weighted by Gasteiger charge is -2.31. The van der Waals surface area contributed by atoms with Crippen LogP contribution in [-0.4, -0.2) is 50.0 Å². The smallest absolute Gasteiger partial charge is 0.330 e. The number of ether oxygens (including phenoxy) is 2. The first kappa shape index (κ1) is 18.9. The fourth-order valence-corrected chi connectivity index (χ4v) is 3.66. The summed E-state index contributed by atoms with van der Waals surface area (Å²) in [6, 6.07) is 21.5. The van der Waals surface area contributed by atoms with Crippen molar-refractivity contribution in [3.8, 4) is 5.75 Å². The van der Waals surface area contributed by atoms with Crippen molar-refractivity contribution in [3.63, 3.8) is 0 Å². The average molecular weight is 414 g/mol. The number of Topliss-reactive ketones (excluding diaryl/α,β-unsaturated/α-hetero) is 1. The molecular weight excluding hydrogens is 396 g/mol. The summed E-state index contributed by atoms with van der Waals surface area (Å²) in [5.41, 5.74) is 2.87. The second-order valence-electron chi connectivity index (χ2n) is 6.85. The van der Waals surface area contributed by atoms with Gasteiger partial charge >= 0.3 is 5.85 Å². The molecule has 0 aliphatic heterocycles. The van der Waals surface area contributed by atoms with Gasteiger partial charge in [-0.1, -0.05) is 34.7 Å². The Labute approximate surface area is 176 Å². The molecule has 0 bridgehead atoms. The molecule has 0 spiro atoms. The van der Waals surface area contributed by atoms with Gasteiger partial charge in [0, 0.05) is 12.7 Å². The molecule has 9 heteroatoms. The van der Waals surface area contributed by atoms with Gasteiger partial charge in [-0.15, -0.1) is 10.2 Å². The molecule has 2 heterocycles. The highest BCUT2D eigenvalue weighted by Gasteiger charge is 2.48. The van der Waals surface area contributed by atoms with Crippen molar-refractivity contribution in [2.45, 2.75) is 5.85 Å². The maximum Gasteiger partial charge on any atom is 0.330 e. The number of hydrogen-bond acceptors (Lipinski definition) is 7. The Morgan fingerprint density at radius 2 is 1.29 bits per heavy atom. The number of hydrogen-bond donors (Lipinski definition) is 0. The van der Waals surface area contributed by atoms with Crippen LogP contribution in [0, 0.1) is 0 Å². The highest BCUT2D eigenvalue weighted by atomic mass is 16.5. The largest absolute Gasteiger partial charge is 0.497 e. The summed E-state index contributed by atoms with van der Waals surface area (Å²) in [4.78, 5) is 14.0. The molecule has 0 saturated heterocycles. The average Bonchev–Trinajstić information content (AvgIpc) is 3.46. The molecule has 0 radical (unpaired) electrons. The Balaban J connectivity index is 1.82. The standard InChI is InChI=1S/C22H18N6O3/c1-30-16-13-11-15(12-14-16)21(29)22(31-2,27-19-9-5-3-7-17(19)23-25-27)28-20-10-6-4-8-18(20)24-26-28/h3-14H,1-2H3. The van der Waals surface area contributed by atoms with E-state index in [1.165, 1.54) is 16.5 Å². The molecule has 0 saturated carbocycles. The van der Waals surface area contributed by atoms with E-state index in [1.807, 2.05) is 48.5 Å². The number of para-hydroxylation sites is 2. The second-order valence-corrected chi connectivity index (χ2v) is 6.85. The van der Waals surface area contributed by atoms with Crippen LogP contribution in [0.4, 0.5) is 0 Å². The van der Waals surface area contributed by atoms with Crippen molar-refractivity contribution in [2.75, 3.05) is 14.2 Å². The van der Waals surface area contributed by atoms with Crippen molar-refractivity contribution in [2.24, 2.45) is 0 Å². The molecule has 154 valence electrons. The molecule has 0 fully saturated rings. The molecule has 0 atom stereocenters. The molecule has 5 rings (SSSR count). The molecule has 5 aromatic rings. The Morgan fingerprint density at radius 1 is 0.774 bits per heavy atom. The van der Waals surface area contributed by atoms with Crippen LogP contribution in [0.1, 0.15) is 10.4 Å². The molecule has 9 nitrogen and oxygen atoms in total. The lowest BCUT2D eigenvalue weighted by molar-refractivity contribution is -0.0827. The van der Waals surface area contributed by atoms with Gasteiger partial charge in [0.1, 0.15) is 16.8 Å². The summed E-state index contributed by atoms with van der Waals surface area (Å²) in [6.07, 6.45) is 0. The van der Waals surface area contributed by atoms with Crippen LogP contribution in [0.25, 0.3) is 22.1 Å². The third-order valence-corrected chi connectivity index (χ3v) is 5.21. The van der Waals surface area contributed by atoms with Crippen LogP contribution >= 0.6 is 0 Å². The predicted octanol–water partition coefficient (Wildman–Crippen LogP) is 2.87. The molecule has 3 aromatic carbocycles. The first-order valence-corrected chi connectivity index (χ1v) is 9.55. The van der Waals surface area contributed by atoms with Crippen molar-refractivity contribution >= 4 is 27.9 Å². The van der Waals surface area contributed by atoms with Gasteiger partial charge in [-0.05, 0) is 48.5 Å². The van der Waals surface area contributed by atoms with Crippen LogP contribution in [0.15, 0.2) is 72.8 Å². The Morgan fingerprint density at radius 3 is 1.77 bits per heavy atom. The van der Waals surface area contributed by atoms with E-state index in [0.29, 0.717) is 33.4 Å². The molecule has 0 unspecified atom stereocenters. The Hall–Kier alpha value is -4.11. The van der Waals surface area contributed by atoms with Gasteiger partial charge in [0.25, 0.3) is 0 Å². The van der Waals surface area contributed by atoms with Gasteiger partial charge in [0.2, 0.25) is 5.78 Å². The lowest BCUT2D eigenvalue weighted by atomic mass is 10.1. The fourth-order valence-electron chi connectivity index (χ4n) is 3.66. The zero-order valence-electron chi connectivity index (χ0n) is 16.8. The maximum absolute atomic E-state index is 14.0. The molecule has 0 N–H and O–H groups in total. The van der Waals surface area contributed by atoms with E-state index in [4.69, 9.17) is 9.47 Å². The normalized spacial score (nSPS) is 11.8. The third kappa shape index (κ3) is 2.78. The molecular formula is C22H18N6O3. The summed E-state index contributed by atoms with van der Waals surface area (Å²) < 4.78 is 14.1. The lowest BCUT2D eigenvalue weighted by Crippen LogP contribution is -2.51. The van der Waals surface area contributed by atoms with E-state index in [1.54, 1.807) is 31.4 Å². The van der Waals surface area contributed by atoms with Gasteiger partial charge in [-0.2, -0.15) is 9.36 Å². The summed E-state index contributed by atoms with van der Waals surface area (Å²) in [5, 5.41) is 17.0. The van der Waals surface area contributed by atoms with Gasteiger partial charge in [0.15, 0.2) is 0 Å². The van der Waals surface area contributed by atoms with Crippen molar-refractivity contribution < 1.29 is 14.3 Å². The quantitative estimate of drug-likeness (QED) is 0.394. The fraction of sp³-hybridized carbons (Fsp3) is 0.136. The molecule has 0 aliphatic carbocycles. The predicted molar refractivity (Wildman–Crippen MR) is 113 cm³/mol. The minimum Gasteiger partial charge on any atom is -0.497 e. The minimum absolute atomic E-state index is 0.385. The zero-order valence-corrected chi connectivity index (χ0v) is 16.8. The maximum atomic E-state index is 14.0. The number of nitrogens with zero attached hydrogens (tertiary/aromatic N) is 6. The summed E-state index contributed by atoms with van der Waals surface area (Å²) in [6.45, 7) is 0. The number of fused-ring (bicyclic) bond motifs is 2. The Bertz CT molecular complexity index is 1320. The van der Waals surface area contributed by atoms with Gasteiger partial charge in [-0.25, -0.2) is 0 Å². The highest BCUT2D eigenvalue weighted by Crippen LogP contribution is 2.31. The topological polar surface area (TPSA) is 97.0 Å². The number of ketones is 1. The van der Waals surface area contributed by atoms with Crippen LogP contribution < -0.4 is 4.74 Å². The summed E-state index contributed by atoms with van der Waals surface area (Å²) in [7, 11) is 3.01. The van der Waals surface area contributed by atoms with Crippen LogP contribution in [0.2, 0.25) is 0 Å². The SMILES string of the molecule is COc1ccc(C(=O)C(OC)(n2nnc3ccccc32)n2nnc3ccccc32)cc1. The van der Waals surface area contributed by atoms with E-state index in [0.717, 1.165) is 0 Å². The second kappa shape index (κ2) is 7.29. The van der Waals surface area contributed by atoms with E-state index in [-0.39, 0.29) is 5.78 Å². The molecule has 2 aromatic heterocycles. The van der Waals surface area contributed by atoms with Crippen LogP contribution in [-0.2, 0) is 10.6 Å². The number of carbonyl (C=O) groups excluding carboxylic acids is 1. The van der Waals surface area contributed by atoms with Crippen LogP contribution in [0.3, 0.4) is 0 Å². The van der Waals surface area contributed by atoms with E-state index in [9.17, 15) is 4.79 Å². The number of aromatic nitrogens is 6. The monoisotopic (exact) mass is 414 g/mol. The van der Waals surface area contributed by atoms with Crippen molar-refractivity contribution in [1.29, 1.82) is 0 Å². The highest BCUT2D eigenvalue weighted by molar-refractivity contribution is 6.02. The molecule has 0 aliphatic rings. The number of rotatable bonds is 6. The van der Waals surface area contributed by atoms with E-state index >= 15 is 0 Å². The van der Waals surface area contributed by atoms with Crippen molar-refractivity contribution in [1.82, 2.24) is 30.0 Å². The number of methoxy groups -OCH3 is 2. The minimum atomic E-state index is -1.79. The third-order valence-electron chi connectivity index (χ3n) is 5.21. The number of carbonyl (C=O) groups is 1. The van der Waals surface area contributed by atoms with Gasteiger partial charge in [-0.3, -0.25) is 4.79 Å². The first-order chi connectivity index (χ1) is 15.2. The van der Waals surface area contributed by atoms with Gasteiger partial charge < -0.3 is 9.47 Å². The summed E-state index contributed by atoms with van der Waals surface area (Å²) >= 11 is 0.